The Kier molecular flexibility index (Phi) is 6.06. The second kappa shape index (κ2) is 8.74. The number of amides is 2. The smallest absolute Gasteiger partial charge is 0.409 e. The summed E-state index contributed by atoms with van der Waals surface area (Å²) in [6.07, 6.45) is -0.857. The van der Waals surface area contributed by atoms with Crippen LogP contribution in [0.3, 0.4) is 0 Å². The quantitative estimate of drug-likeness (QED) is 0.563. The van der Waals surface area contributed by atoms with Gasteiger partial charge in [-0.1, -0.05) is 29.8 Å². The van der Waals surface area contributed by atoms with Crippen LogP contribution in [0.4, 0.5) is 10.5 Å². The second-order valence-corrected chi connectivity index (χ2v) is 9.68. The summed E-state index contributed by atoms with van der Waals surface area (Å²) in [5, 5.41) is 11.8. The van der Waals surface area contributed by atoms with Crippen molar-refractivity contribution in [3.8, 4) is 5.69 Å². The lowest BCUT2D eigenvalue weighted by Crippen LogP contribution is -2.59. The van der Waals surface area contributed by atoms with Crippen molar-refractivity contribution >= 4 is 35.0 Å². The highest BCUT2D eigenvalue weighted by Crippen LogP contribution is 2.35. The number of benzene rings is 2. The van der Waals surface area contributed by atoms with Crippen molar-refractivity contribution in [2.75, 3.05) is 5.01 Å². The normalized spacial score (nSPS) is 17.9. The van der Waals surface area contributed by atoms with Crippen LogP contribution in [0.1, 0.15) is 39.0 Å². The molecule has 0 bridgehead atoms. The minimum absolute atomic E-state index is 0.0509. The highest BCUT2D eigenvalue weighted by Gasteiger charge is 2.56. The van der Waals surface area contributed by atoms with Crippen molar-refractivity contribution in [3.05, 3.63) is 81.2 Å². The Hall–Kier alpha value is -3.85. The molecule has 10 heteroatoms. The SMILES string of the molecule is CC1=NN(c2ccc(Cl)cc2)C(=O)[C@]1(NC(=O)OC(C)(C)C)c1c(C)[nH]n(-c2ccccc2)c1=O. The van der Waals surface area contributed by atoms with Crippen molar-refractivity contribution in [3.63, 3.8) is 0 Å². The predicted molar refractivity (Wildman–Crippen MR) is 134 cm³/mol. The van der Waals surface area contributed by atoms with Crippen LogP contribution in [0.5, 0.6) is 0 Å². The van der Waals surface area contributed by atoms with Crippen LogP contribution in [0.15, 0.2) is 64.5 Å². The molecule has 1 aliphatic rings. The second-order valence-electron chi connectivity index (χ2n) is 9.24. The number of para-hydroxylation sites is 1. The van der Waals surface area contributed by atoms with E-state index in [4.69, 9.17) is 16.3 Å². The van der Waals surface area contributed by atoms with Crippen molar-refractivity contribution in [1.82, 2.24) is 15.1 Å². The number of carbonyl (C=O) groups excluding carboxylic acids is 2. The van der Waals surface area contributed by atoms with E-state index < -0.39 is 28.7 Å². The van der Waals surface area contributed by atoms with Gasteiger partial charge in [-0.25, -0.2) is 9.48 Å². The molecule has 0 saturated heterocycles. The van der Waals surface area contributed by atoms with Gasteiger partial charge in [0.1, 0.15) is 5.60 Å². The Labute approximate surface area is 207 Å². The maximum atomic E-state index is 14.0. The number of alkyl carbamates (subject to hydrolysis) is 1. The maximum Gasteiger partial charge on any atom is 0.409 e. The molecule has 9 nitrogen and oxygen atoms in total. The number of rotatable bonds is 4. The number of anilines is 1. The highest BCUT2D eigenvalue weighted by atomic mass is 35.5. The molecule has 2 amide bonds. The first-order chi connectivity index (χ1) is 16.4. The number of nitrogens with zero attached hydrogens (tertiary/aromatic N) is 3. The standard InChI is InChI=1S/C25H26ClN5O4/c1-15-20(21(32)30(28-15)18-9-7-6-8-10-18)25(27-23(34)35-24(3,4)5)16(2)29-31(22(25)33)19-13-11-17(26)12-14-19/h6-14,28H,1-5H3,(H,27,34)/t25-/m1/s1. The van der Waals surface area contributed by atoms with Gasteiger partial charge in [0.15, 0.2) is 5.54 Å². The fraction of sp³-hybridized carbons (Fsp3) is 0.280. The van der Waals surface area contributed by atoms with Crippen LogP contribution < -0.4 is 15.9 Å². The van der Waals surface area contributed by atoms with Gasteiger partial charge in [0.05, 0.1) is 22.6 Å². The minimum atomic E-state index is -1.89. The molecule has 3 aromatic rings. The summed E-state index contributed by atoms with van der Waals surface area (Å²) in [6.45, 7) is 8.38. The molecule has 2 N–H and O–H groups in total. The lowest BCUT2D eigenvalue weighted by molar-refractivity contribution is -0.122. The molecule has 2 heterocycles. The van der Waals surface area contributed by atoms with Crippen LogP contribution in [-0.2, 0) is 15.1 Å². The Balaban J connectivity index is 1.89. The molecule has 0 aliphatic carbocycles. The van der Waals surface area contributed by atoms with Crippen LogP contribution in [0.2, 0.25) is 5.02 Å². The van der Waals surface area contributed by atoms with Gasteiger partial charge in [-0.05, 0) is 71.0 Å². The van der Waals surface area contributed by atoms with Gasteiger partial charge in [0, 0.05) is 10.7 Å². The molecule has 182 valence electrons. The Morgan fingerprint density at radius 3 is 2.26 bits per heavy atom. The lowest BCUT2D eigenvalue weighted by atomic mass is 9.85. The number of aromatic nitrogens is 2. The van der Waals surface area contributed by atoms with Gasteiger partial charge in [-0.3, -0.25) is 20.0 Å². The van der Waals surface area contributed by atoms with E-state index in [2.05, 4.69) is 15.5 Å². The zero-order valence-electron chi connectivity index (χ0n) is 20.0. The summed E-state index contributed by atoms with van der Waals surface area (Å²) in [7, 11) is 0. The fourth-order valence-corrected chi connectivity index (χ4v) is 4.17. The molecule has 1 aromatic heterocycles. The van der Waals surface area contributed by atoms with Crippen molar-refractivity contribution in [1.29, 1.82) is 0 Å². The van der Waals surface area contributed by atoms with Crippen LogP contribution >= 0.6 is 11.6 Å². The molecular weight excluding hydrogens is 470 g/mol. The van der Waals surface area contributed by atoms with E-state index in [-0.39, 0.29) is 11.3 Å². The average Bonchev–Trinajstić information content (AvgIpc) is 3.21. The first-order valence-corrected chi connectivity index (χ1v) is 11.4. The third-order valence-electron chi connectivity index (χ3n) is 5.53. The number of ether oxygens (including phenoxy) is 1. The molecule has 0 fully saturated rings. The van der Waals surface area contributed by atoms with Gasteiger partial charge in [0.25, 0.3) is 11.5 Å². The third-order valence-corrected chi connectivity index (χ3v) is 5.78. The summed E-state index contributed by atoms with van der Waals surface area (Å²) in [6, 6.07) is 15.4. The fourth-order valence-electron chi connectivity index (χ4n) is 4.04. The van der Waals surface area contributed by atoms with E-state index in [1.807, 2.05) is 6.07 Å². The summed E-state index contributed by atoms with van der Waals surface area (Å²) < 4.78 is 6.79. The number of H-pyrrole nitrogens is 1. The minimum Gasteiger partial charge on any atom is -0.444 e. The number of hydrogen-bond donors (Lipinski definition) is 2. The molecular formula is C25H26ClN5O4. The van der Waals surface area contributed by atoms with E-state index >= 15 is 0 Å². The molecule has 1 atom stereocenters. The Bertz CT molecular complexity index is 1370. The summed E-state index contributed by atoms with van der Waals surface area (Å²) in [4.78, 5) is 40.7. The predicted octanol–water partition coefficient (Wildman–Crippen LogP) is 4.27. The summed E-state index contributed by atoms with van der Waals surface area (Å²) in [5.41, 5.74) is -1.54. The lowest BCUT2D eigenvalue weighted by Gasteiger charge is -2.30. The molecule has 1 aliphatic heterocycles. The van der Waals surface area contributed by atoms with Gasteiger partial charge in [-0.2, -0.15) is 10.1 Å². The van der Waals surface area contributed by atoms with Gasteiger partial charge in [-0.15, -0.1) is 0 Å². The van der Waals surface area contributed by atoms with E-state index in [1.165, 1.54) is 4.68 Å². The van der Waals surface area contributed by atoms with E-state index in [0.717, 1.165) is 5.01 Å². The molecule has 0 saturated carbocycles. The molecule has 35 heavy (non-hydrogen) atoms. The number of carbonyl (C=O) groups is 2. The molecule has 4 rings (SSSR count). The van der Waals surface area contributed by atoms with E-state index in [9.17, 15) is 14.4 Å². The van der Waals surface area contributed by atoms with Crippen molar-refractivity contribution < 1.29 is 14.3 Å². The van der Waals surface area contributed by atoms with Crippen molar-refractivity contribution in [2.45, 2.75) is 45.8 Å². The molecule has 0 spiro atoms. The largest absolute Gasteiger partial charge is 0.444 e. The van der Waals surface area contributed by atoms with Gasteiger partial charge < -0.3 is 4.74 Å². The number of aryl methyl sites for hydroxylation is 1. The molecule has 0 unspecified atom stereocenters. The topological polar surface area (TPSA) is 109 Å². The summed E-state index contributed by atoms with van der Waals surface area (Å²) >= 11 is 6.01. The number of hydrogen-bond acceptors (Lipinski definition) is 5. The van der Waals surface area contributed by atoms with E-state index in [1.54, 1.807) is 83.1 Å². The van der Waals surface area contributed by atoms with Crippen LogP contribution in [0, 0.1) is 6.92 Å². The van der Waals surface area contributed by atoms with E-state index in [0.29, 0.717) is 22.1 Å². The number of nitrogens with one attached hydrogen (secondary N) is 2. The number of aromatic amines is 1. The maximum absolute atomic E-state index is 14.0. The molecule has 2 aromatic carbocycles. The third kappa shape index (κ3) is 4.35. The monoisotopic (exact) mass is 495 g/mol. The zero-order valence-corrected chi connectivity index (χ0v) is 20.8. The van der Waals surface area contributed by atoms with Crippen LogP contribution in [0.25, 0.3) is 5.69 Å². The number of hydrazone groups is 1. The van der Waals surface area contributed by atoms with Gasteiger partial charge >= 0.3 is 6.09 Å². The zero-order chi connectivity index (χ0) is 25.5. The Morgan fingerprint density at radius 2 is 1.66 bits per heavy atom. The number of halogens is 1. The summed E-state index contributed by atoms with van der Waals surface area (Å²) in [5.74, 6) is -0.623. The first-order valence-electron chi connectivity index (χ1n) is 11.0. The average molecular weight is 496 g/mol. The molecule has 0 radical (unpaired) electrons. The van der Waals surface area contributed by atoms with Crippen molar-refractivity contribution in [2.24, 2.45) is 5.10 Å². The first kappa shape index (κ1) is 24.3. The highest BCUT2D eigenvalue weighted by molar-refractivity contribution is 6.30. The van der Waals surface area contributed by atoms with Gasteiger partial charge in [0.2, 0.25) is 0 Å². The van der Waals surface area contributed by atoms with Crippen LogP contribution in [-0.4, -0.2) is 33.1 Å². The Morgan fingerprint density at radius 1 is 1.03 bits per heavy atom.